The number of carbonyl (C=O) groups excluding carboxylic acids is 1. The van der Waals surface area contributed by atoms with Crippen LogP contribution in [0, 0.1) is 0 Å². The molecule has 6 heteroatoms. The number of amides is 1. The van der Waals surface area contributed by atoms with Gasteiger partial charge in [-0.3, -0.25) is 4.79 Å². The van der Waals surface area contributed by atoms with Crippen molar-refractivity contribution in [1.29, 1.82) is 0 Å². The summed E-state index contributed by atoms with van der Waals surface area (Å²) in [5.74, 6) is 1.01. The largest absolute Gasteiger partial charge is 0.494 e. The summed E-state index contributed by atoms with van der Waals surface area (Å²) < 4.78 is 6.55. The van der Waals surface area contributed by atoms with E-state index in [0.29, 0.717) is 13.2 Å². The Morgan fingerprint density at radius 3 is 3.00 bits per heavy atom. The number of fused-ring (bicyclic) bond motifs is 1. The van der Waals surface area contributed by atoms with E-state index in [2.05, 4.69) is 10.3 Å². The molecule has 1 aromatic carbocycles. The maximum Gasteiger partial charge on any atom is 0.241 e. The number of hydrogen-bond donors (Lipinski definition) is 1. The maximum atomic E-state index is 12.0. The lowest BCUT2D eigenvalue weighted by Crippen LogP contribution is -2.32. The number of carbonyl (C=O) groups is 1. The van der Waals surface area contributed by atoms with Crippen molar-refractivity contribution in [3.63, 3.8) is 0 Å². The molecule has 2 heterocycles. The number of aromatic nitrogens is 1. The monoisotopic (exact) mass is 305 g/mol. The molecule has 1 aromatic heterocycles. The second-order valence-electron chi connectivity index (χ2n) is 5.02. The number of benzene rings is 1. The second kappa shape index (κ2) is 6.30. The molecule has 1 amide bonds. The quantitative estimate of drug-likeness (QED) is 0.923. The summed E-state index contributed by atoms with van der Waals surface area (Å²) in [5, 5.41) is 3.92. The molecule has 0 spiro atoms. The molecule has 1 N–H and O–H groups in total. The highest BCUT2D eigenvalue weighted by molar-refractivity contribution is 7.22. The summed E-state index contributed by atoms with van der Waals surface area (Å²) in [6.07, 6.45) is 2.24. The highest BCUT2D eigenvalue weighted by atomic mass is 32.1. The van der Waals surface area contributed by atoms with Gasteiger partial charge in [-0.15, -0.1) is 0 Å². The Morgan fingerprint density at radius 2 is 2.24 bits per heavy atom. The van der Waals surface area contributed by atoms with E-state index in [9.17, 15) is 4.79 Å². The van der Waals surface area contributed by atoms with Gasteiger partial charge < -0.3 is 15.0 Å². The fraction of sp³-hybridized carbons (Fsp3) is 0.467. The highest BCUT2D eigenvalue weighted by Gasteiger charge is 2.17. The van der Waals surface area contributed by atoms with Crippen molar-refractivity contribution < 1.29 is 9.53 Å². The van der Waals surface area contributed by atoms with Crippen LogP contribution >= 0.6 is 11.3 Å². The first kappa shape index (κ1) is 14.1. The zero-order valence-corrected chi connectivity index (χ0v) is 12.9. The lowest BCUT2D eigenvalue weighted by molar-refractivity contribution is -0.128. The topological polar surface area (TPSA) is 54.5 Å². The Kier molecular flexibility index (Phi) is 4.24. The molecule has 3 rings (SSSR count). The van der Waals surface area contributed by atoms with E-state index in [0.717, 1.165) is 47.0 Å². The number of nitrogens with one attached hydrogen (secondary N) is 1. The molecule has 112 valence electrons. The average Bonchev–Trinajstić information content (AvgIpc) is 3.13. The number of anilines is 1. The number of hydrogen-bond acceptors (Lipinski definition) is 5. The molecule has 1 aliphatic heterocycles. The van der Waals surface area contributed by atoms with E-state index < -0.39 is 0 Å². The third-order valence-corrected chi connectivity index (χ3v) is 4.50. The van der Waals surface area contributed by atoms with Gasteiger partial charge in [0.05, 0.1) is 23.4 Å². The van der Waals surface area contributed by atoms with Gasteiger partial charge in [0.2, 0.25) is 5.91 Å². The minimum absolute atomic E-state index is 0.154. The van der Waals surface area contributed by atoms with E-state index in [-0.39, 0.29) is 5.91 Å². The number of rotatable bonds is 5. The smallest absolute Gasteiger partial charge is 0.241 e. The first-order valence-electron chi connectivity index (χ1n) is 7.31. The number of likely N-dealkylation sites (tertiary alicyclic amines) is 1. The van der Waals surface area contributed by atoms with E-state index >= 15 is 0 Å². The standard InChI is InChI=1S/C15H19N3O2S/c1-2-20-11-5-6-12-13(9-11)21-15(17-12)16-10-14(19)18-7-3-4-8-18/h5-6,9H,2-4,7-8,10H2,1H3,(H,16,17). The lowest BCUT2D eigenvalue weighted by Gasteiger charge is -2.14. The number of ether oxygens (including phenoxy) is 1. The molecule has 0 saturated carbocycles. The Bertz CT molecular complexity index is 635. The molecule has 0 radical (unpaired) electrons. The van der Waals surface area contributed by atoms with Gasteiger partial charge in [0, 0.05) is 13.1 Å². The van der Waals surface area contributed by atoms with Crippen LogP contribution in [-0.2, 0) is 4.79 Å². The fourth-order valence-corrected chi connectivity index (χ4v) is 3.36. The van der Waals surface area contributed by atoms with E-state index in [4.69, 9.17) is 4.74 Å². The minimum atomic E-state index is 0.154. The summed E-state index contributed by atoms with van der Waals surface area (Å²) in [5.41, 5.74) is 0.930. The van der Waals surface area contributed by atoms with Crippen molar-refractivity contribution in [2.75, 3.05) is 31.6 Å². The van der Waals surface area contributed by atoms with Crippen LogP contribution in [-0.4, -0.2) is 42.0 Å². The van der Waals surface area contributed by atoms with Gasteiger partial charge in [-0.1, -0.05) is 11.3 Å². The zero-order chi connectivity index (χ0) is 14.7. The van der Waals surface area contributed by atoms with Gasteiger partial charge in [0.15, 0.2) is 5.13 Å². The van der Waals surface area contributed by atoms with Crippen LogP contribution in [0.1, 0.15) is 19.8 Å². The van der Waals surface area contributed by atoms with Crippen molar-refractivity contribution in [3.8, 4) is 5.75 Å². The molecule has 2 aromatic rings. The maximum absolute atomic E-state index is 12.0. The van der Waals surface area contributed by atoms with Crippen molar-refractivity contribution in [2.24, 2.45) is 0 Å². The van der Waals surface area contributed by atoms with Gasteiger partial charge in [-0.05, 0) is 38.0 Å². The molecule has 1 saturated heterocycles. The Balaban J connectivity index is 1.65. The summed E-state index contributed by atoms with van der Waals surface area (Å²) >= 11 is 1.55. The summed E-state index contributed by atoms with van der Waals surface area (Å²) in [6.45, 7) is 4.71. The van der Waals surface area contributed by atoms with E-state index in [1.807, 2.05) is 30.0 Å². The molecule has 1 aliphatic rings. The number of thiazole rings is 1. The van der Waals surface area contributed by atoms with Crippen LogP contribution in [0.25, 0.3) is 10.2 Å². The predicted molar refractivity (Wildman–Crippen MR) is 85.1 cm³/mol. The molecule has 21 heavy (non-hydrogen) atoms. The van der Waals surface area contributed by atoms with Crippen LogP contribution in [0.15, 0.2) is 18.2 Å². The predicted octanol–water partition coefficient (Wildman–Crippen LogP) is 2.73. The molecule has 0 atom stereocenters. The molecule has 0 unspecified atom stereocenters. The minimum Gasteiger partial charge on any atom is -0.494 e. The first-order valence-corrected chi connectivity index (χ1v) is 8.13. The first-order chi connectivity index (χ1) is 10.3. The molecule has 0 aliphatic carbocycles. The Labute approximate surface area is 127 Å². The third kappa shape index (κ3) is 3.26. The Morgan fingerprint density at radius 1 is 1.43 bits per heavy atom. The van der Waals surface area contributed by atoms with E-state index in [1.165, 1.54) is 0 Å². The van der Waals surface area contributed by atoms with E-state index in [1.54, 1.807) is 11.3 Å². The highest BCUT2D eigenvalue weighted by Crippen LogP contribution is 2.29. The summed E-state index contributed by atoms with van der Waals surface area (Å²) in [4.78, 5) is 18.4. The summed E-state index contributed by atoms with van der Waals surface area (Å²) in [7, 11) is 0. The molecular formula is C15H19N3O2S. The van der Waals surface area contributed by atoms with Crippen LogP contribution < -0.4 is 10.1 Å². The molecule has 1 fully saturated rings. The van der Waals surface area contributed by atoms with Crippen LogP contribution in [0.2, 0.25) is 0 Å². The van der Waals surface area contributed by atoms with Crippen LogP contribution in [0.3, 0.4) is 0 Å². The van der Waals surface area contributed by atoms with Gasteiger partial charge in [-0.25, -0.2) is 4.98 Å². The third-order valence-electron chi connectivity index (χ3n) is 3.52. The average molecular weight is 305 g/mol. The van der Waals surface area contributed by atoms with Crippen molar-refractivity contribution in [3.05, 3.63) is 18.2 Å². The van der Waals surface area contributed by atoms with Crippen LogP contribution in [0.4, 0.5) is 5.13 Å². The molecule has 5 nitrogen and oxygen atoms in total. The van der Waals surface area contributed by atoms with Crippen LogP contribution in [0.5, 0.6) is 5.75 Å². The van der Waals surface area contributed by atoms with Gasteiger partial charge >= 0.3 is 0 Å². The normalized spacial score (nSPS) is 14.6. The fourth-order valence-electron chi connectivity index (χ4n) is 2.47. The zero-order valence-electron chi connectivity index (χ0n) is 12.1. The van der Waals surface area contributed by atoms with Gasteiger partial charge in [0.1, 0.15) is 5.75 Å². The SMILES string of the molecule is CCOc1ccc2nc(NCC(=O)N3CCCC3)sc2c1. The van der Waals surface area contributed by atoms with Crippen molar-refractivity contribution in [1.82, 2.24) is 9.88 Å². The summed E-state index contributed by atoms with van der Waals surface area (Å²) in [6, 6.07) is 5.86. The van der Waals surface area contributed by atoms with Crippen molar-refractivity contribution >= 4 is 32.6 Å². The lowest BCUT2D eigenvalue weighted by atomic mass is 10.3. The van der Waals surface area contributed by atoms with Gasteiger partial charge in [-0.2, -0.15) is 0 Å². The van der Waals surface area contributed by atoms with Gasteiger partial charge in [0.25, 0.3) is 0 Å². The number of nitrogens with zero attached hydrogens (tertiary/aromatic N) is 2. The molecule has 0 bridgehead atoms. The molecular weight excluding hydrogens is 286 g/mol. The van der Waals surface area contributed by atoms with Crippen molar-refractivity contribution in [2.45, 2.75) is 19.8 Å². The Hall–Kier alpha value is -1.82. The second-order valence-corrected chi connectivity index (χ2v) is 6.05.